The van der Waals surface area contributed by atoms with E-state index in [9.17, 15) is 9.59 Å². The summed E-state index contributed by atoms with van der Waals surface area (Å²) in [7, 11) is 0. The maximum atomic E-state index is 12.7. The summed E-state index contributed by atoms with van der Waals surface area (Å²) >= 11 is 0. The predicted octanol–water partition coefficient (Wildman–Crippen LogP) is 17.3. The van der Waals surface area contributed by atoms with Crippen LogP contribution in [0.25, 0.3) is 0 Å². The molecule has 5 heteroatoms. The van der Waals surface area contributed by atoms with E-state index in [4.69, 9.17) is 14.2 Å². The molecule has 0 aromatic heterocycles. The van der Waals surface area contributed by atoms with Crippen molar-refractivity contribution in [1.29, 1.82) is 0 Å². The smallest absolute Gasteiger partial charge is 0.306 e. The van der Waals surface area contributed by atoms with Crippen molar-refractivity contribution in [3.05, 3.63) is 60.8 Å². The first-order valence-corrected chi connectivity index (χ1v) is 25.8. The highest BCUT2D eigenvalue weighted by Gasteiger charge is 2.17. The first-order chi connectivity index (χ1) is 29.6. The second kappa shape index (κ2) is 51.0. The molecule has 0 spiro atoms. The molecule has 0 N–H and O–H groups in total. The third-order valence-electron chi connectivity index (χ3n) is 11.1. The van der Waals surface area contributed by atoms with E-state index in [-0.39, 0.29) is 25.2 Å². The van der Waals surface area contributed by atoms with Crippen LogP contribution < -0.4 is 0 Å². The van der Waals surface area contributed by atoms with Crippen LogP contribution in [0.3, 0.4) is 0 Å². The number of allylic oxidation sites excluding steroid dienone is 10. The Morgan fingerprint density at radius 1 is 0.383 bits per heavy atom. The summed E-state index contributed by atoms with van der Waals surface area (Å²) in [5.74, 6) is -0.415. The Morgan fingerprint density at radius 3 is 1.17 bits per heavy atom. The van der Waals surface area contributed by atoms with Crippen LogP contribution >= 0.6 is 0 Å². The van der Waals surface area contributed by atoms with Gasteiger partial charge in [0.1, 0.15) is 6.61 Å². The molecule has 0 rings (SSSR count). The van der Waals surface area contributed by atoms with Gasteiger partial charge in [0.05, 0.1) is 6.61 Å². The quantitative estimate of drug-likeness (QED) is 0.0347. The van der Waals surface area contributed by atoms with Gasteiger partial charge in [0.25, 0.3) is 0 Å². The molecule has 1 atom stereocenters. The molecule has 1 unspecified atom stereocenters. The van der Waals surface area contributed by atoms with Crippen molar-refractivity contribution in [2.75, 3.05) is 19.8 Å². The molecular weight excluding hydrogens is 741 g/mol. The Bertz CT molecular complexity index is 1040. The third kappa shape index (κ3) is 48.3. The second-order valence-electron chi connectivity index (χ2n) is 17.1. The van der Waals surface area contributed by atoms with Crippen molar-refractivity contribution in [3.63, 3.8) is 0 Å². The minimum absolute atomic E-state index is 0.0708. The molecule has 0 aliphatic rings. The van der Waals surface area contributed by atoms with Crippen LogP contribution in [0.4, 0.5) is 0 Å². The van der Waals surface area contributed by atoms with E-state index in [1.54, 1.807) is 0 Å². The minimum Gasteiger partial charge on any atom is -0.462 e. The average Bonchev–Trinajstić information content (AvgIpc) is 3.25. The van der Waals surface area contributed by atoms with Gasteiger partial charge in [-0.3, -0.25) is 9.59 Å². The molecule has 0 bridgehead atoms. The number of carbonyl (C=O) groups excluding carboxylic acids is 2. The van der Waals surface area contributed by atoms with Crippen molar-refractivity contribution in [2.45, 2.75) is 258 Å². The highest BCUT2D eigenvalue weighted by atomic mass is 16.6. The van der Waals surface area contributed by atoms with E-state index in [2.05, 4.69) is 81.5 Å². The normalized spacial score (nSPS) is 12.7. The summed E-state index contributed by atoms with van der Waals surface area (Å²) in [5, 5.41) is 0. The van der Waals surface area contributed by atoms with Crippen molar-refractivity contribution in [1.82, 2.24) is 0 Å². The maximum absolute atomic E-state index is 12.7. The third-order valence-corrected chi connectivity index (χ3v) is 11.1. The Labute approximate surface area is 373 Å². The molecule has 0 aliphatic carbocycles. The zero-order chi connectivity index (χ0) is 43.5. The van der Waals surface area contributed by atoms with Crippen LogP contribution in [0.2, 0.25) is 0 Å². The number of unbranched alkanes of at least 4 members (excludes halogenated alkanes) is 26. The molecule has 0 fully saturated rings. The average molecular weight is 839 g/mol. The monoisotopic (exact) mass is 839 g/mol. The lowest BCUT2D eigenvalue weighted by molar-refractivity contribution is -0.163. The fraction of sp³-hybridized carbons (Fsp3) is 0.782. The molecule has 0 aromatic rings. The van der Waals surface area contributed by atoms with Crippen LogP contribution in [0, 0.1) is 0 Å². The highest BCUT2D eigenvalue weighted by Crippen LogP contribution is 2.15. The van der Waals surface area contributed by atoms with Crippen molar-refractivity contribution in [3.8, 4) is 0 Å². The van der Waals surface area contributed by atoms with Crippen molar-refractivity contribution >= 4 is 11.9 Å². The van der Waals surface area contributed by atoms with Gasteiger partial charge in [-0.25, -0.2) is 0 Å². The topological polar surface area (TPSA) is 61.8 Å². The molecule has 0 saturated carbocycles. The fourth-order valence-corrected chi connectivity index (χ4v) is 7.24. The van der Waals surface area contributed by atoms with Gasteiger partial charge in [0.15, 0.2) is 6.10 Å². The molecule has 0 radical (unpaired) electrons. The molecule has 0 amide bonds. The zero-order valence-electron chi connectivity index (χ0n) is 40.0. The Hall–Kier alpha value is -2.40. The molecule has 60 heavy (non-hydrogen) atoms. The van der Waals surface area contributed by atoms with Crippen LogP contribution in [0.1, 0.15) is 252 Å². The Morgan fingerprint density at radius 2 is 0.750 bits per heavy atom. The van der Waals surface area contributed by atoms with Gasteiger partial charge in [-0.15, -0.1) is 0 Å². The van der Waals surface area contributed by atoms with E-state index in [1.807, 2.05) is 0 Å². The summed E-state index contributed by atoms with van der Waals surface area (Å²) in [6.07, 6.45) is 63.8. The van der Waals surface area contributed by atoms with Crippen molar-refractivity contribution in [2.24, 2.45) is 0 Å². The molecule has 0 saturated heterocycles. The zero-order valence-corrected chi connectivity index (χ0v) is 40.0. The van der Waals surface area contributed by atoms with Gasteiger partial charge in [0, 0.05) is 19.4 Å². The summed E-state index contributed by atoms with van der Waals surface area (Å²) in [6.45, 7) is 7.63. The van der Waals surface area contributed by atoms with Crippen LogP contribution in [0.15, 0.2) is 60.8 Å². The number of ether oxygens (including phenoxy) is 3. The molecular formula is C55H98O5. The van der Waals surface area contributed by atoms with E-state index >= 15 is 0 Å². The Balaban J connectivity index is 4.24. The fourth-order valence-electron chi connectivity index (χ4n) is 7.24. The largest absolute Gasteiger partial charge is 0.462 e. The first kappa shape index (κ1) is 57.6. The summed E-state index contributed by atoms with van der Waals surface area (Å²) < 4.78 is 17.3. The number of hydrogen-bond acceptors (Lipinski definition) is 5. The van der Waals surface area contributed by atoms with Crippen LogP contribution in [0.5, 0.6) is 0 Å². The van der Waals surface area contributed by atoms with Gasteiger partial charge in [0.2, 0.25) is 0 Å². The summed E-state index contributed by atoms with van der Waals surface area (Å²) in [5.41, 5.74) is 0. The lowest BCUT2D eigenvalue weighted by atomic mass is 10.0. The van der Waals surface area contributed by atoms with Crippen molar-refractivity contribution < 1.29 is 23.8 Å². The van der Waals surface area contributed by atoms with Gasteiger partial charge in [-0.2, -0.15) is 0 Å². The number of hydrogen-bond donors (Lipinski definition) is 0. The lowest BCUT2D eigenvalue weighted by Crippen LogP contribution is -2.30. The first-order valence-electron chi connectivity index (χ1n) is 25.8. The lowest BCUT2D eigenvalue weighted by Gasteiger charge is -2.18. The maximum Gasteiger partial charge on any atom is 0.306 e. The SMILES string of the molecule is CC/C=C\C/C=C\C/C=C\C/C=C\C/C=C\CCCCOCC(COC(=O)CCCCCCCCCCCCCCCCCCC)OC(=O)CCCCCCCCCCC. The second-order valence-corrected chi connectivity index (χ2v) is 17.1. The summed E-state index contributed by atoms with van der Waals surface area (Å²) in [4.78, 5) is 25.3. The molecule has 0 aromatic carbocycles. The molecule has 0 heterocycles. The van der Waals surface area contributed by atoms with Gasteiger partial charge in [-0.1, -0.05) is 236 Å². The van der Waals surface area contributed by atoms with E-state index in [0.717, 1.165) is 77.0 Å². The molecule has 0 aliphatic heterocycles. The van der Waals surface area contributed by atoms with E-state index < -0.39 is 6.10 Å². The highest BCUT2D eigenvalue weighted by molar-refractivity contribution is 5.70. The number of carbonyl (C=O) groups is 2. The number of esters is 2. The standard InChI is InChI=1S/C55H98O5/c1-4-7-10-13-16-19-21-23-25-27-29-31-33-35-38-41-44-47-50-58-51-53(60-55(57)49-46-43-40-36-18-15-12-9-6-3)52-59-54(56)48-45-42-39-37-34-32-30-28-26-24-22-20-17-14-11-8-5-2/h7,10,16,19,23,25,29,31,35,38,53H,4-6,8-9,11-15,17-18,20-22,24,26-28,30,32-34,36-37,39-52H2,1-3H3/b10-7-,19-16-,25-23-,31-29-,38-35-. The summed E-state index contributed by atoms with van der Waals surface area (Å²) in [6, 6.07) is 0. The predicted molar refractivity (Wildman–Crippen MR) is 261 cm³/mol. The molecule has 5 nitrogen and oxygen atoms in total. The number of rotatable bonds is 47. The Kier molecular flexibility index (Phi) is 48.9. The molecule has 348 valence electrons. The van der Waals surface area contributed by atoms with Gasteiger partial charge in [-0.05, 0) is 64.2 Å². The van der Waals surface area contributed by atoms with Gasteiger partial charge >= 0.3 is 11.9 Å². The van der Waals surface area contributed by atoms with Crippen LogP contribution in [-0.4, -0.2) is 37.9 Å². The van der Waals surface area contributed by atoms with Gasteiger partial charge < -0.3 is 14.2 Å². The van der Waals surface area contributed by atoms with Crippen LogP contribution in [-0.2, 0) is 23.8 Å². The van der Waals surface area contributed by atoms with E-state index in [0.29, 0.717) is 19.4 Å². The minimum atomic E-state index is -0.554. The van der Waals surface area contributed by atoms with E-state index in [1.165, 1.54) is 141 Å².